The lowest BCUT2D eigenvalue weighted by atomic mass is 10.0. The van der Waals surface area contributed by atoms with Gasteiger partial charge in [0.15, 0.2) is 0 Å². The van der Waals surface area contributed by atoms with Crippen molar-refractivity contribution in [3.63, 3.8) is 0 Å². The minimum absolute atomic E-state index is 0.147. The van der Waals surface area contributed by atoms with E-state index in [2.05, 4.69) is 0 Å². The molecule has 28 heavy (non-hydrogen) atoms. The first-order chi connectivity index (χ1) is 13.8. The van der Waals surface area contributed by atoms with E-state index in [9.17, 15) is 10.2 Å². The predicted molar refractivity (Wildman–Crippen MR) is 107 cm³/mol. The summed E-state index contributed by atoms with van der Waals surface area (Å²) in [6, 6.07) is 20.1. The van der Waals surface area contributed by atoms with Gasteiger partial charge in [-0.25, -0.2) is 0 Å². The van der Waals surface area contributed by atoms with Crippen LogP contribution in [0.2, 0.25) is 0 Å². The molecule has 0 aliphatic carbocycles. The summed E-state index contributed by atoms with van der Waals surface area (Å²) >= 11 is 0. The van der Waals surface area contributed by atoms with Crippen LogP contribution in [0.15, 0.2) is 60.7 Å². The molecule has 0 amide bonds. The molecule has 3 rings (SSSR count). The highest BCUT2D eigenvalue weighted by Crippen LogP contribution is 2.25. The van der Waals surface area contributed by atoms with Crippen LogP contribution in [0.25, 0.3) is 0 Å². The zero-order chi connectivity index (χ0) is 19.6. The van der Waals surface area contributed by atoms with E-state index in [1.54, 1.807) is 0 Å². The second kappa shape index (κ2) is 11.3. The van der Waals surface area contributed by atoms with Crippen LogP contribution in [0.1, 0.15) is 30.4 Å². The first-order valence-corrected chi connectivity index (χ1v) is 9.98. The first-order valence-electron chi connectivity index (χ1n) is 9.98. The van der Waals surface area contributed by atoms with Gasteiger partial charge in [0.2, 0.25) is 0 Å². The molecule has 1 saturated heterocycles. The smallest absolute Gasteiger partial charge is 0.107 e. The van der Waals surface area contributed by atoms with Crippen LogP contribution in [0.4, 0.5) is 0 Å². The highest BCUT2D eigenvalue weighted by molar-refractivity contribution is 5.14. The fourth-order valence-electron chi connectivity index (χ4n) is 3.46. The monoisotopic (exact) mass is 386 g/mol. The molecular formula is C23H30O5. The first kappa shape index (κ1) is 21.0. The summed E-state index contributed by atoms with van der Waals surface area (Å²) in [6.45, 7) is 1.37. The van der Waals surface area contributed by atoms with Gasteiger partial charge in [0.25, 0.3) is 0 Å². The number of rotatable bonds is 9. The minimum atomic E-state index is -0.678. The molecule has 2 aromatic carbocycles. The van der Waals surface area contributed by atoms with Crippen LogP contribution < -0.4 is 0 Å². The van der Waals surface area contributed by atoms with Gasteiger partial charge in [-0.15, -0.1) is 0 Å². The molecule has 1 aliphatic heterocycles. The molecule has 0 radical (unpaired) electrons. The van der Waals surface area contributed by atoms with Gasteiger partial charge in [-0.2, -0.15) is 0 Å². The van der Waals surface area contributed by atoms with Crippen molar-refractivity contribution in [2.45, 2.75) is 56.9 Å². The quantitative estimate of drug-likeness (QED) is 0.648. The van der Waals surface area contributed by atoms with Gasteiger partial charge >= 0.3 is 0 Å². The zero-order valence-corrected chi connectivity index (χ0v) is 16.2. The summed E-state index contributed by atoms with van der Waals surface area (Å²) < 4.78 is 18.0. The summed E-state index contributed by atoms with van der Waals surface area (Å²) in [5, 5.41) is 19.8. The van der Waals surface area contributed by atoms with Gasteiger partial charge in [0.05, 0.1) is 38.1 Å². The molecule has 152 valence electrons. The number of benzene rings is 2. The third kappa shape index (κ3) is 6.40. The van der Waals surface area contributed by atoms with E-state index in [0.717, 1.165) is 11.1 Å². The molecule has 0 aromatic heterocycles. The van der Waals surface area contributed by atoms with E-state index in [0.29, 0.717) is 39.1 Å². The Balaban J connectivity index is 1.55. The van der Waals surface area contributed by atoms with Crippen molar-refractivity contribution in [1.29, 1.82) is 0 Å². The minimum Gasteiger partial charge on any atom is -0.394 e. The van der Waals surface area contributed by atoms with E-state index < -0.39 is 12.2 Å². The molecule has 2 aromatic rings. The summed E-state index contributed by atoms with van der Waals surface area (Å²) in [4.78, 5) is 0. The van der Waals surface area contributed by atoms with Gasteiger partial charge in [-0.05, 0) is 30.4 Å². The standard InChI is InChI=1S/C23H30O5/c24-15-23-20(25)11-12-21(27-17-19-9-5-2-6-10-19)22(28-23)13-14-26-16-18-7-3-1-4-8-18/h1-10,20-25H,11-17H2/t20-,21+,22-,23+/m0/s1. The van der Waals surface area contributed by atoms with Crippen molar-refractivity contribution in [3.8, 4) is 0 Å². The van der Waals surface area contributed by atoms with Crippen LogP contribution in [-0.2, 0) is 27.4 Å². The van der Waals surface area contributed by atoms with E-state index in [4.69, 9.17) is 14.2 Å². The Morgan fingerprint density at radius 1 is 0.857 bits per heavy atom. The molecule has 0 unspecified atom stereocenters. The average Bonchev–Trinajstić information content (AvgIpc) is 2.89. The molecule has 1 aliphatic rings. The van der Waals surface area contributed by atoms with E-state index >= 15 is 0 Å². The SMILES string of the molecule is OC[C@H]1O[C@@H](CCOCc2ccccc2)[C@H](OCc2ccccc2)CC[C@@H]1O. The van der Waals surface area contributed by atoms with Gasteiger partial charge in [-0.3, -0.25) is 0 Å². The number of aliphatic hydroxyl groups is 2. The summed E-state index contributed by atoms with van der Waals surface area (Å²) in [5.74, 6) is 0. The summed E-state index contributed by atoms with van der Waals surface area (Å²) in [5.41, 5.74) is 2.23. The third-order valence-corrected chi connectivity index (χ3v) is 5.09. The lowest BCUT2D eigenvalue weighted by Crippen LogP contribution is -2.37. The highest BCUT2D eigenvalue weighted by Gasteiger charge is 2.33. The van der Waals surface area contributed by atoms with Crippen molar-refractivity contribution >= 4 is 0 Å². The fraction of sp³-hybridized carbons (Fsp3) is 0.478. The van der Waals surface area contributed by atoms with E-state index in [1.807, 2.05) is 60.7 Å². The Morgan fingerprint density at radius 3 is 2.14 bits per heavy atom. The number of aliphatic hydroxyl groups excluding tert-OH is 2. The highest BCUT2D eigenvalue weighted by atomic mass is 16.6. The molecule has 5 heteroatoms. The molecule has 1 fully saturated rings. The van der Waals surface area contributed by atoms with E-state index in [1.165, 1.54) is 0 Å². The van der Waals surface area contributed by atoms with Crippen molar-refractivity contribution in [3.05, 3.63) is 71.8 Å². The second-order valence-corrected chi connectivity index (χ2v) is 7.20. The summed E-state index contributed by atoms with van der Waals surface area (Å²) in [6.07, 6.45) is 0.253. The Labute approximate surface area is 166 Å². The normalized spacial score (nSPS) is 25.4. The topological polar surface area (TPSA) is 68.2 Å². The number of hydrogen-bond donors (Lipinski definition) is 2. The Morgan fingerprint density at radius 2 is 1.50 bits per heavy atom. The second-order valence-electron chi connectivity index (χ2n) is 7.20. The lowest BCUT2D eigenvalue weighted by molar-refractivity contribution is -0.133. The lowest BCUT2D eigenvalue weighted by Gasteiger charge is -2.27. The molecule has 5 nitrogen and oxygen atoms in total. The maximum Gasteiger partial charge on any atom is 0.107 e. The molecular weight excluding hydrogens is 356 g/mol. The molecule has 0 spiro atoms. The fourth-order valence-corrected chi connectivity index (χ4v) is 3.46. The van der Waals surface area contributed by atoms with Crippen molar-refractivity contribution < 1.29 is 24.4 Å². The third-order valence-electron chi connectivity index (χ3n) is 5.09. The van der Waals surface area contributed by atoms with Gasteiger partial charge in [0.1, 0.15) is 6.10 Å². The molecule has 0 saturated carbocycles. The predicted octanol–water partition coefficient (Wildman–Crippen LogP) is 3.08. The van der Waals surface area contributed by atoms with Gasteiger partial charge < -0.3 is 24.4 Å². The van der Waals surface area contributed by atoms with Crippen molar-refractivity contribution in [2.24, 2.45) is 0 Å². The van der Waals surface area contributed by atoms with Crippen LogP contribution in [0.3, 0.4) is 0 Å². The Hall–Kier alpha value is -1.76. The van der Waals surface area contributed by atoms with Crippen LogP contribution >= 0.6 is 0 Å². The van der Waals surface area contributed by atoms with Crippen LogP contribution in [-0.4, -0.2) is 47.8 Å². The maximum absolute atomic E-state index is 10.2. The Bertz CT molecular complexity index is 663. The largest absolute Gasteiger partial charge is 0.394 e. The van der Waals surface area contributed by atoms with Crippen molar-refractivity contribution in [2.75, 3.05) is 13.2 Å². The number of hydrogen-bond acceptors (Lipinski definition) is 5. The van der Waals surface area contributed by atoms with E-state index in [-0.39, 0.29) is 18.8 Å². The number of ether oxygens (including phenoxy) is 3. The maximum atomic E-state index is 10.2. The van der Waals surface area contributed by atoms with Gasteiger partial charge in [-0.1, -0.05) is 60.7 Å². The molecule has 4 atom stereocenters. The summed E-state index contributed by atoms with van der Waals surface area (Å²) in [7, 11) is 0. The van der Waals surface area contributed by atoms with Crippen molar-refractivity contribution in [1.82, 2.24) is 0 Å². The zero-order valence-electron chi connectivity index (χ0n) is 16.2. The molecule has 1 heterocycles. The van der Waals surface area contributed by atoms with Crippen LogP contribution in [0.5, 0.6) is 0 Å². The van der Waals surface area contributed by atoms with Crippen LogP contribution in [0, 0.1) is 0 Å². The Kier molecular flexibility index (Phi) is 8.45. The average molecular weight is 386 g/mol. The molecule has 0 bridgehead atoms. The van der Waals surface area contributed by atoms with Gasteiger partial charge in [0, 0.05) is 6.61 Å². The molecule has 2 N–H and O–H groups in total.